The zero-order valence-corrected chi connectivity index (χ0v) is 29.6. The Morgan fingerprint density at radius 3 is 1.59 bits per heavy atom. The molecule has 0 amide bonds. The molecule has 10 aromatic carbocycles. The lowest BCUT2D eigenvalue weighted by Crippen LogP contribution is -2.39. The first-order chi connectivity index (χ1) is 26.7. The van der Waals surface area contributed by atoms with E-state index >= 15 is 0 Å². The molecule has 0 bridgehead atoms. The van der Waals surface area contributed by atoms with Gasteiger partial charge in [0.1, 0.15) is 6.17 Å². The first-order valence-electron chi connectivity index (χ1n) is 18.8. The van der Waals surface area contributed by atoms with Crippen LogP contribution in [0.2, 0.25) is 0 Å². The lowest BCUT2D eigenvalue weighted by atomic mass is 9.89. The topological polar surface area (TPSA) is 24.1 Å². The van der Waals surface area contributed by atoms with Crippen molar-refractivity contribution in [2.24, 2.45) is 0 Å². The van der Waals surface area contributed by atoms with Crippen molar-refractivity contribution in [3.05, 3.63) is 211 Å². The standard InChI is InChI=1S/C52H36N2/c1-2-10-33(11-3-1)34-18-20-37(21-19-34)52-53-49(40-25-26-43-39(30-40)24-28-45-41-15-7-4-12-35(41)22-27-46(43)45)32-50(54-52)51-44-17-9-6-14-38(44)31-48-42-16-8-5-13-36(42)23-29-47(48)51/h1-32,49,52-54H. The molecule has 254 valence electrons. The van der Waals surface area contributed by atoms with Gasteiger partial charge in [0, 0.05) is 11.3 Å². The Bertz CT molecular complexity index is 3100. The van der Waals surface area contributed by atoms with Crippen LogP contribution in [0.5, 0.6) is 0 Å². The van der Waals surface area contributed by atoms with E-state index in [1.54, 1.807) is 0 Å². The Labute approximate surface area is 314 Å². The van der Waals surface area contributed by atoms with Crippen LogP contribution in [0, 0.1) is 0 Å². The third kappa shape index (κ3) is 5.07. The van der Waals surface area contributed by atoms with Gasteiger partial charge >= 0.3 is 0 Å². The van der Waals surface area contributed by atoms with Gasteiger partial charge in [0.25, 0.3) is 0 Å². The van der Waals surface area contributed by atoms with Gasteiger partial charge in [-0.15, -0.1) is 0 Å². The van der Waals surface area contributed by atoms with Crippen molar-refractivity contribution in [1.82, 2.24) is 10.6 Å². The highest BCUT2D eigenvalue weighted by Crippen LogP contribution is 2.40. The molecule has 0 aromatic heterocycles. The van der Waals surface area contributed by atoms with E-state index in [2.05, 4.69) is 205 Å². The van der Waals surface area contributed by atoms with Gasteiger partial charge in [0.2, 0.25) is 0 Å². The second-order valence-electron chi connectivity index (χ2n) is 14.6. The average Bonchev–Trinajstić information content (AvgIpc) is 3.25. The van der Waals surface area contributed by atoms with E-state index in [1.165, 1.54) is 92.5 Å². The summed E-state index contributed by atoms with van der Waals surface area (Å²) in [7, 11) is 0. The smallest absolute Gasteiger partial charge is 0.104 e. The van der Waals surface area contributed by atoms with E-state index in [1.807, 2.05) is 0 Å². The largest absolute Gasteiger partial charge is 0.366 e. The predicted molar refractivity (Wildman–Crippen MR) is 230 cm³/mol. The summed E-state index contributed by atoms with van der Waals surface area (Å²) in [6, 6.07) is 68.9. The first kappa shape index (κ1) is 30.8. The van der Waals surface area contributed by atoms with Crippen LogP contribution in [0.1, 0.15) is 28.9 Å². The lowest BCUT2D eigenvalue weighted by molar-refractivity contribution is 0.443. The van der Waals surface area contributed by atoms with Crippen LogP contribution in [0.4, 0.5) is 0 Å². The minimum absolute atomic E-state index is 0.0359. The van der Waals surface area contributed by atoms with Crippen molar-refractivity contribution < 1.29 is 0 Å². The Balaban J connectivity index is 1.09. The maximum Gasteiger partial charge on any atom is 0.104 e. The SMILES string of the molecule is C1=C(c2c3ccccc3cc3c2ccc2ccccc23)NC(c2ccc(-c3ccccc3)cc2)NC1c1ccc2c(ccc3c4ccccc4ccc23)c1. The van der Waals surface area contributed by atoms with E-state index in [4.69, 9.17) is 0 Å². The van der Waals surface area contributed by atoms with E-state index in [0.717, 1.165) is 5.70 Å². The van der Waals surface area contributed by atoms with Gasteiger partial charge in [-0.1, -0.05) is 176 Å². The zero-order valence-electron chi connectivity index (χ0n) is 29.6. The summed E-state index contributed by atoms with van der Waals surface area (Å²) in [6.07, 6.45) is 2.29. The van der Waals surface area contributed by atoms with Crippen LogP contribution in [0.3, 0.4) is 0 Å². The second-order valence-corrected chi connectivity index (χ2v) is 14.6. The summed E-state index contributed by atoms with van der Waals surface area (Å²) in [4.78, 5) is 0. The van der Waals surface area contributed by atoms with Crippen molar-refractivity contribution in [3.8, 4) is 11.1 Å². The molecule has 2 nitrogen and oxygen atoms in total. The van der Waals surface area contributed by atoms with Crippen LogP contribution in [0.25, 0.3) is 81.5 Å². The quantitative estimate of drug-likeness (QED) is 0.142. The summed E-state index contributed by atoms with van der Waals surface area (Å²) in [5.74, 6) is 0. The van der Waals surface area contributed by atoms with Crippen LogP contribution in [-0.4, -0.2) is 0 Å². The fourth-order valence-electron chi connectivity index (χ4n) is 8.82. The highest BCUT2D eigenvalue weighted by molar-refractivity contribution is 6.18. The number of rotatable bonds is 4. The molecule has 10 aromatic rings. The van der Waals surface area contributed by atoms with Crippen molar-refractivity contribution in [3.63, 3.8) is 0 Å². The normalized spacial score (nSPS) is 16.0. The van der Waals surface area contributed by atoms with Gasteiger partial charge in [-0.3, -0.25) is 5.32 Å². The van der Waals surface area contributed by atoms with Crippen molar-refractivity contribution in [2.75, 3.05) is 0 Å². The summed E-state index contributed by atoms with van der Waals surface area (Å²) in [5.41, 5.74) is 7.24. The summed E-state index contributed by atoms with van der Waals surface area (Å²) >= 11 is 0. The monoisotopic (exact) mass is 688 g/mol. The lowest BCUT2D eigenvalue weighted by Gasteiger charge is -2.34. The minimum atomic E-state index is -0.118. The second kappa shape index (κ2) is 12.4. The molecule has 2 atom stereocenters. The molecule has 0 saturated carbocycles. The molecule has 0 aliphatic carbocycles. The van der Waals surface area contributed by atoms with Gasteiger partial charge in [-0.05, 0) is 105 Å². The summed E-state index contributed by atoms with van der Waals surface area (Å²) < 4.78 is 0. The van der Waals surface area contributed by atoms with Gasteiger partial charge < -0.3 is 5.32 Å². The van der Waals surface area contributed by atoms with Crippen LogP contribution < -0.4 is 10.6 Å². The Hall–Kier alpha value is -6.74. The third-order valence-corrected chi connectivity index (χ3v) is 11.5. The molecule has 11 rings (SSSR count). The Morgan fingerprint density at radius 2 is 0.852 bits per heavy atom. The van der Waals surface area contributed by atoms with E-state index in [9.17, 15) is 0 Å². The number of fused-ring (bicyclic) bond motifs is 9. The predicted octanol–water partition coefficient (Wildman–Crippen LogP) is 13.2. The maximum atomic E-state index is 4.01. The van der Waals surface area contributed by atoms with Gasteiger partial charge in [-0.25, -0.2) is 0 Å². The maximum absolute atomic E-state index is 4.01. The summed E-state index contributed by atoms with van der Waals surface area (Å²) in [5, 5.41) is 23.2. The number of hydrogen-bond acceptors (Lipinski definition) is 2. The van der Waals surface area contributed by atoms with Crippen LogP contribution >= 0.6 is 0 Å². The van der Waals surface area contributed by atoms with Crippen molar-refractivity contribution >= 4 is 70.3 Å². The average molecular weight is 689 g/mol. The fraction of sp³-hybridized carbons (Fsp3) is 0.0385. The zero-order chi connectivity index (χ0) is 35.6. The first-order valence-corrected chi connectivity index (χ1v) is 18.8. The van der Waals surface area contributed by atoms with Crippen LogP contribution in [0.15, 0.2) is 194 Å². The molecular weight excluding hydrogens is 653 g/mol. The molecule has 2 unspecified atom stereocenters. The number of hydrogen-bond donors (Lipinski definition) is 2. The highest BCUT2D eigenvalue weighted by atomic mass is 15.2. The number of nitrogens with one attached hydrogen (secondary N) is 2. The highest BCUT2D eigenvalue weighted by Gasteiger charge is 2.27. The molecule has 1 aliphatic rings. The van der Waals surface area contributed by atoms with Gasteiger partial charge in [0.15, 0.2) is 0 Å². The molecule has 0 fully saturated rings. The molecule has 0 radical (unpaired) electrons. The van der Waals surface area contributed by atoms with Crippen molar-refractivity contribution in [1.29, 1.82) is 0 Å². The Morgan fingerprint density at radius 1 is 0.333 bits per heavy atom. The van der Waals surface area contributed by atoms with Gasteiger partial charge in [-0.2, -0.15) is 0 Å². The molecule has 2 heteroatoms. The number of benzene rings is 10. The van der Waals surface area contributed by atoms with E-state index < -0.39 is 0 Å². The van der Waals surface area contributed by atoms with Gasteiger partial charge in [0.05, 0.1) is 6.04 Å². The van der Waals surface area contributed by atoms with E-state index in [0.29, 0.717) is 0 Å². The molecule has 1 aliphatic heterocycles. The molecule has 0 saturated heterocycles. The molecular formula is C52H36N2. The summed E-state index contributed by atoms with van der Waals surface area (Å²) in [6.45, 7) is 0. The van der Waals surface area contributed by atoms with Crippen molar-refractivity contribution in [2.45, 2.75) is 12.2 Å². The van der Waals surface area contributed by atoms with Crippen LogP contribution in [-0.2, 0) is 0 Å². The Kier molecular flexibility index (Phi) is 7.11. The molecule has 0 spiro atoms. The minimum Gasteiger partial charge on any atom is -0.366 e. The molecule has 2 N–H and O–H groups in total. The molecule has 54 heavy (non-hydrogen) atoms. The van der Waals surface area contributed by atoms with E-state index in [-0.39, 0.29) is 12.2 Å². The molecule has 1 heterocycles. The third-order valence-electron chi connectivity index (χ3n) is 11.5. The fourth-order valence-corrected chi connectivity index (χ4v) is 8.82.